The Hall–Kier alpha value is -1.86. The van der Waals surface area contributed by atoms with Crippen LogP contribution in [0.15, 0.2) is 35.5 Å². The maximum atomic E-state index is 14.0. The minimum atomic E-state index is -0.999. The third-order valence-electron chi connectivity index (χ3n) is 3.17. The largest absolute Gasteiger partial charge is 0.386 e. The molecule has 0 saturated carbocycles. The molecule has 0 spiro atoms. The summed E-state index contributed by atoms with van der Waals surface area (Å²) in [6.45, 7) is 3.37. The lowest BCUT2D eigenvalue weighted by Crippen LogP contribution is -2.16. The van der Waals surface area contributed by atoms with Crippen LogP contribution in [0.5, 0.6) is 0 Å². The summed E-state index contributed by atoms with van der Waals surface area (Å²) in [7, 11) is 0. The van der Waals surface area contributed by atoms with Crippen LogP contribution in [0.3, 0.4) is 0 Å². The average Bonchev–Trinajstić information content (AvgIpc) is 2.83. The molecule has 5 nitrogen and oxygen atoms in total. The van der Waals surface area contributed by atoms with Crippen molar-refractivity contribution in [2.45, 2.75) is 19.4 Å². The topological polar surface area (TPSA) is 63.3 Å². The van der Waals surface area contributed by atoms with Crippen LogP contribution in [0.1, 0.15) is 19.4 Å². The van der Waals surface area contributed by atoms with Crippen LogP contribution < -0.4 is 0 Å². The Morgan fingerprint density at radius 2 is 2.00 bits per heavy atom. The molecule has 0 aromatic carbocycles. The SMILES string of the molecule is CC(C)(O)c1ccc2ncc(-c3nc(Br)ncc3F)n2c1. The van der Waals surface area contributed by atoms with E-state index in [-0.39, 0.29) is 5.69 Å². The van der Waals surface area contributed by atoms with E-state index in [9.17, 15) is 9.50 Å². The molecule has 0 atom stereocenters. The normalized spacial score (nSPS) is 12.0. The van der Waals surface area contributed by atoms with Crippen LogP contribution in [-0.2, 0) is 5.60 Å². The van der Waals surface area contributed by atoms with Gasteiger partial charge in [0.05, 0.1) is 23.7 Å². The molecule has 0 aliphatic rings. The Morgan fingerprint density at radius 3 is 2.71 bits per heavy atom. The zero-order chi connectivity index (χ0) is 15.2. The number of hydrogen-bond donors (Lipinski definition) is 1. The highest BCUT2D eigenvalue weighted by molar-refractivity contribution is 9.10. The third-order valence-corrected chi connectivity index (χ3v) is 3.55. The lowest BCUT2D eigenvalue weighted by Gasteiger charge is -2.18. The van der Waals surface area contributed by atoms with Gasteiger partial charge in [0.1, 0.15) is 11.3 Å². The second-order valence-corrected chi connectivity index (χ2v) is 5.89. The van der Waals surface area contributed by atoms with E-state index in [4.69, 9.17) is 0 Å². The molecule has 0 amide bonds. The highest BCUT2D eigenvalue weighted by Gasteiger charge is 2.19. The van der Waals surface area contributed by atoms with Gasteiger partial charge >= 0.3 is 0 Å². The predicted octanol–water partition coefficient (Wildman–Crippen LogP) is 2.92. The molecule has 0 saturated heterocycles. The third kappa shape index (κ3) is 2.54. The van der Waals surface area contributed by atoms with Crippen LogP contribution in [0, 0.1) is 5.82 Å². The summed E-state index contributed by atoms with van der Waals surface area (Å²) < 4.78 is 16.0. The molecular formula is C14H12BrFN4O. The molecule has 0 unspecified atom stereocenters. The van der Waals surface area contributed by atoms with Crippen molar-refractivity contribution in [1.29, 1.82) is 0 Å². The van der Waals surface area contributed by atoms with E-state index in [2.05, 4.69) is 30.9 Å². The van der Waals surface area contributed by atoms with Gasteiger partial charge in [0.25, 0.3) is 0 Å². The molecule has 3 heterocycles. The first-order chi connectivity index (χ1) is 9.86. The lowest BCUT2D eigenvalue weighted by atomic mass is 10.0. The van der Waals surface area contributed by atoms with E-state index >= 15 is 0 Å². The number of rotatable bonds is 2. The summed E-state index contributed by atoms with van der Waals surface area (Å²) in [6.07, 6.45) is 4.38. The summed E-state index contributed by atoms with van der Waals surface area (Å²) in [6, 6.07) is 3.56. The predicted molar refractivity (Wildman–Crippen MR) is 79.1 cm³/mol. The van der Waals surface area contributed by atoms with Gasteiger partial charge in [0, 0.05) is 6.20 Å². The molecule has 0 bridgehead atoms. The molecule has 1 N–H and O–H groups in total. The van der Waals surface area contributed by atoms with Gasteiger partial charge in [-0.05, 0) is 41.4 Å². The van der Waals surface area contributed by atoms with Crippen molar-refractivity contribution in [2.24, 2.45) is 0 Å². The molecule has 0 aliphatic carbocycles. The second-order valence-electron chi connectivity index (χ2n) is 5.18. The summed E-state index contributed by atoms with van der Waals surface area (Å²) in [4.78, 5) is 12.0. The van der Waals surface area contributed by atoms with Crippen molar-refractivity contribution >= 4 is 21.6 Å². The highest BCUT2D eigenvalue weighted by atomic mass is 79.9. The fourth-order valence-corrected chi connectivity index (χ4v) is 2.32. The van der Waals surface area contributed by atoms with E-state index in [0.717, 1.165) is 6.20 Å². The fourth-order valence-electron chi connectivity index (χ4n) is 2.04. The monoisotopic (exact) mass is 350 g/mol. The standard InChI is InChI=1S/C14H12BrFN4O/c1-14(2,21)8-3-4-11-17-6-10(20(11)7-8)12-9(16)5-18-13(15)19-12/h3-7,21H,1-2H3. The quantitative estimate of drug-likeness (QED) is 0.721. The number of aliphatic hydroxyl groups is 1. The van der Waals surface area contributed by atoms with Crippen molar-refractivity contribution in [2.75, 3.05) is 0 Å². The Bertz CT molecular complexity index is 825. The summed E-state index contributed by atoms with van der Waals surface area (Å²) in [5.41, 5.74) is 0.990. The van der Waals surface area contributed by atoms with Gasteiger partial charge in [0.15, 0.2) is 10.6 Å². The number of nitrogens with zero attached hydrogens (tertiary/aromatic N) is 4. The van der Waals surface area contributed by atoms with Gasteiger partial charge in [-0.3, -0.25) is 4.40 Å². The zero-order valence-corrected chi connectivity index (χ0v) is 13.0. The zero-order valence-electron chi connectivity index (χ0n) is 11.4. The molecule has 3 aromatic heterocycles. The highest BCUT2D eigenvalue weighted by Crippen LogP contribution is 2.26. The number of halogens is 2. The minimum absolute atomic E-state index is 0.150. The molecule has 3 aromatic rings. The molecular weight excluding hydrogens is 339 g/mol. The number of hydrogen-bond acceptors (Lipinski definition) is 4. The fraction of sp³-hybridized carbons (Fsp3) is 0.214. The molecule has 0 radical (unpaired) electrons. The Labute approximate surface area is 128 Å². The molecule has 7 heteroatoms. The van der Waals surface area contributed by atoms with Gasteiger partial charge in [-0.2, -0.15) is 0 Å². The summed E-state index contributed by atoms with van der Waals surface area (Å²) in [5.74, 6) is -0.534. The number of pyridine rings is 1. The molecule has 21 heavy (non-hydrogen) atoms. The maximum Gasteiger partial charge on any atom is 0.197 e. The second kappa shape index (κ2) is 4.85. The number of aromatic nitrogens is 4. The number of imidazole rings is 1. The summed E-state index contributed by atoms with van der Waals surface area (Å²) >= 11 is 3.13. The van der Waals surface area contributed by atoms with E-state index in [1.165, 1.54) is 0 Å². The average molecular weight is 351 g/mol. The molecule has 0 aliphatic heterocycles. The molecule has 3 rings (SSSR count). The summed E-state index contributed by atoms with van der Waals surface area (Å²) in [5, 5.41) is 10.1. The lowest BCUT2D eigenvalue weighted by molar-refractivity contribution is 0.0782. The van der Waals surface area contributed by atoms with Crippen LogP contribution in [0.2, 0.25) is 0 Å². The van der Waals surface area contributed by atoms with Gasteiger partial charge in [0.2, 0.25) is 0 Å². The minimum Gasteiger partial charge on any atom is -0.386 e. The van der Waals surface area contributed by atoms with E-state index in [1.54, 1.807) is 42.8 Å². The van der Waals surface area contributed by atoms with Crippen molar-refractivity contribution in [3.8, 4) is 11.4 Å². The van der Waals surface area contributed by atoms with Gasteiger partial charge < -0.3 is 5.11 Å². The Balaban J connectivity index is 2.26. The first-order valence-electron chi connectivity index (χ1n) is 6.24. The van der Waals surface area contributed by atoms with E-state index < -0.39 is 11.4 Å². The van der Waals surface area contributed by atoms with Crippen LogP contribution in [0.4, 0.5) is 4.39 Å². The van der Waals surface area contributed by atoms with Crippen LogP contribution in [0.25, 0.3) is 17.0 Å². The maximum absolute atomic E-state index is 14.0. The number of fused-ring (bicyclic) bond motifs is 1. The Morgan fingerprint density at radius 1 is 1.24 bits per heavy atom. The van der Waals surface area contributed by atoms with Crippen molar-refractivity contribution in [3.63, 3.8) is 0 Å². The van der Waals surface area contributed by atoms with Crippen LogP contribution >= 0.6 is 15.9 Å². The van der Waals surface area contributed by atoms with Crippen LogP contribution in [-0.4, -0.2) is 24.5 Å². The first-order valence-corrected chi connectivity index (χ1v) is 7.04. The van der Waals surface area contributed by atoms with Crippen molar-refractivity contribution in [3.05, 3.63) is 46.8 Å². The first kappa shape index (κ1) is 14.1. The van der Waals surface area contributed by atoms with Gasteiger partial charge in [-0.25, -0.2) is 19.3 Å². The van der Waals surface area contributed by atoms with Gasteiger partial charge in [-0.15, -0.1) is 0 Å². The molecule has 0 fully saturated rings. The molecule has 108 valence electrons. The van der Waals surface area contributed by atoms with E-state index in [0.29, 0.717) is 21.6 Å². The van der Waals surface area contributed by atoms with Crippen molar-refractivity contribution < 1.29 is 9.50 Å². The van der Waals surface area contributed by atoms with Gasteiger partial charge in [-0.1, -0.05) is 6.07 Å². The van der Waals surface area contributed by atoms with E-state index in [1.807, 2.05) is 0 Å². The van der Waals surface area contributed by atoms with Crippen molar-refractivity contribution in [1.82, 2.24) is 19.4 Å². The smallest absolute Gasteiger partial charge is 0.197 e. The Kier molecular flexibility index (Phi) is 3.26.